The van der Waals surface area contributed by atoms with Crippen molar-refractivity contribution < 1.29 is 19.0 Å². The van der Waals surface area contributed by atoms with E-state index in [1.54, 1.807) is 0 Å². The van der Waals surface area contributed by atoms with E-state index in [1.165, 1.54) is 14.2 Å². The Hall–Kier alpha value is -1.33. The third kappa shape index (κ3) is 3.04. The van der Waals surface area contributed by atoms with Crippen LogP contribution in [0.5, 0.6) is 17.2 Å². The molecule has 0 heterocycles. The Morgan fingerprint density at radius 2 is 1.40 bits per heavy atom. The zero-order valence-corrected chi connectivity index (χ0v) is 13.5. The van der Waals surface area contributed by atoms with Gasteiger partial charge < -0.3 is 19.9 Å². The van der Waals surface area contributed by atoms with Crippen molar-refractivity contribution in [3.8, 4) is 17.2 Å². The van der Waals surface area contributed by atoms with Crippen molar-refractivity contribution in [2.45, 2.75) is 26.2 Å². The monoisotopic (exact) mass is 321 g/mol. The molecule has 0 aliphatic carbocycles. The van der Waals surface area contributed by atoms with E-state index < -0.39 is 6.09 Å². The zero-order valence-electron chi connectivity index (χ0n) is 12.0. The molecule has 0 saturated heterocycles. The molecular formula is C13H17Cl2NO4. The number of carbonyl (C=O) groups is 1. The molecule has 5 nitrogen and oxygen atoms in total. The van der Waals surface area contributed by atoms with E-state index in [0.29, 0.717) is 17.1 Å². The third-order valence-electron chi connectivity index (χ3n) is 2.61. The van der Waals surface area contributed by atoms with Crippen LogP contribution in [0, 0.1) is 0 Å². The maximum atomic E-state index is 11.0. The van der Waals surface area contributed by atoms with E-state index in [1.807, 2.05) is 20.8 Å². The van der Waals surface area contributed by atoms with Gasteiger partial charge in [-0.05, 0) is 5.41 Å². The molecule has 2 N–H and O–H groups in total. The van der Waals surface area contributed by atoms with Crippen LogP contribution in [0.25, 0.3) is 0 Å². The first-order valence-electron chi connectivity index (χ1n) is 5.75. The number of nitrogens with two attached hydrogens (primary N) is 1. The number of carbonyl (C=O) groups excluding carboxylic acids is 1. The highest BCUT2D eigenvalue weighted by atomic mass is 35.5. The molecule has 20 heavy (non-hydrogen) atoms. The molecule has 0 aliphatic rings. The van der Waals surface area contributed by atoms with Crippen LogP contribution in [0.2, 0.25) is 10.0 Å². The van der Waals surface area contributed by atoms with Crippen molar-refractivity contribution in [3.05, 3.63) is 15.6 Å². The largest absolute Gasteiger partial charge is 0.495 e. The number of halogens is 2. The van der Waals surface area contributed by atoms with Gasteiger partial charge in [0.15, 0.2) is 5.75 Å². The van der Waals surface area contributed by atoms with Crippen LogP contribution in [-0.4, -0.2) is 20.3 Å². The molecule has 0 fully saturated rings. The number of ether oxygens (including phenoxy) is 3. The van der Waals surface area contributed by atoms with E-state index in [-0.39, 0.29) is 21.2 Å². The molecular weight excluding hydrogens is 305 g/mol. The number of rotatable bonds is 3. The fraction of sp³-hybridized carbons (Fsp3) is 0.462. The van der Waals surface area contributed by atoms with Crippen LogP contribution in [0.1, 0.15) is 26.3 Å². The summed E-state index contributed by atoms with van der Waals surface area (Å²) in [6.45, 7) is 5.86. The van der Waals surface area contributed by atoms with Gasteiger partial charge in [0.05, 0.1) is 14.2 Å². The molecule has 112 valence electrons. The summed E-state index contributed by atoms with van der Waals surface area (Å²) in [5, 5.41) is 0.143. The number of benzene rings is 1. The lowest BCUT2D eigenvalue weighted by Gasteiger charge is -2.27. The minimum absolute atomic E-state index is 0.0713. The number of hydrogen-bond donors (Lipinski definition) is 1. The van der Waals surface area contributed by atoms with Gasteiger partial charge in [-0.1, -0.05) is 44.0 Å². The van der Waals surface area contributed by atoms with E-state index in [4.69, 9.17) is 43.1 Å². The molecule has 1 aromatic carbocycles. The average molecular weight is 322 g/mol. The van der Waals surface area contributed by atoms with Gasteiger partial charge in [-0.2, -0.15) is 0 Å². The first kappa shape index (κ1) is 16.7. The van der Waals surface area contributed by atoms with Crippen molar-refractivity contribution in [2.75, 3.05) is 14.2 Å². The van der Waals surface area contributed by atoms with Crippen molar-refractivity contribution in [2.24, 2.45) is 5.73 Å². The molecule has 0 atom stereocenters. The minimum atomic E-state index is -1.03. The first-order valence-corrected chi connectivity index (χ1v) is 6.51. The molecule has 1 rings (SSSR count). The molecule has 0 aliphatic heterocycles. The highest BCUT2D eigenvalue weighted by Crippen LogP contribution is 2.52. The Balaban J connectivity index is 3.76. The second kappa shape index (κ2) is 5.97. The topological polar surface area (TPSA) is 70.8 Å². The molecule has 1 aromatic rings. The maximum Gasteiger partial charge on any atom is 0.410 e. The molecule has 0 radical (unpaired) electrons. The number of methoxy groups -OCH3 is 2. The maximum absolute atomic E-state index is 11.0. The second-order valence-corrected chi connectivity index (χ2v) is 5.83. The van der Waals surface area contributed by atoms with Crippen LogP contribution in [0.3, 0.4) is 0 Å². The van der Waals surface area contributed by atoms with Gasteiger partial charge in [0, 0.05) is 5.56 Å². The summed E-state index contributed by atoms with van der Waals surface area (Å²) in [7, 11) is 2.91. The van der Waals surface area contributed by atoms with E-state index in [9.17, 15) is 4.79 Å². The number of hydrogen-bond acceptors (Lipinski definition) is 4. The predicted octanol–water partition coefficient (Wildman–Crippen LogP) is 3.77. The average Bonchev–Trinajstić information content (AvgIpc) is 2.32. The summed E-state index contributed by atoms with van der Waals surface area (Å²) in [5.74, 6) is 0.580. The summed E-state index contributed by atoms with van der Waals surface area (Å²) < 4.78 is 15.5. The first-order chi connectivity index (χ1) is 9.15. The van der Waals surface area contributed by atoms with Crippen molar-refractivity contribution in [1.82, 2.24) is 0 Å². The normalized spacial score (nSPS) is 11.2. The Kier molecular flexibility index (Phi) is 5.00. The van der Waals surface area contributed by atoms with Crippen molar-refractivity contribution >= 4 is 29.3 Å². The van der Waals surface area contributed by atoms with Crippen molar-refractivity contribution in [1.29, 1.82) is 0 Å². The van der Waals surface area contributed by atoms with Gasteiger partial charge in [-0.15, -0.1) is 0 Å². The Morgan fingerprint density at radius 3 is 1.65 bits per heavy atom. The van der Waals surface area contributed by atoms with Gasteiger partial charge in [-0.3, -0.25) is 0 Å². The van der Waals surface area contributed by atoms with Gasteiger partial charge in [0.2, 0.25) is 0 Å². The highest BCUT2D eigenvalue weighted by molar-refractivity contribution is 6.39. The lowest BCUT2D eigenvalue weighted by atomic mass is 9.85. The fourth-order valence-corrected chi connectivity index (χ4v) is 2.54. The summed E-state index contributed by atoms with van der Waals surface area (Å²) in [4.78, 5) is 11.0. The third-order valence-corrected chi connectivity index (χ3v) is 3.30. The Bertz CT molecular complexity index is 507. The van der Waals surface area contributed by atoms with Crippen molar-refractivity contribution in [3.63, 3.8) is 0 Å². The minimum Gasteiger partial charge on any atom is -0.495 e. The number of primary amides is 1. The Labute approximate surface area is 127 Å². The SMILES string of the molecule is COc1c(Cl)c(OC(N)=O)c(Cl)c(OC)c1C(C)(C)C. The summed E-state index contributed by atoms with van der Waals surface area (Å²) in [6, 6.07) is 0. The molecule has 0 unspecified atom stereocenters. The lowest BCUT2D eigenvalue weighted by molar-refractivity contribution is 0.210. The summed E-state index contributed by atoms with van der Waals surface area (Å²) in [6.07, 6.45) is -1.03. The van der Waals surface area contributed by atoms with Crippen LogP contribution < -0.4 is 19.9 Å². The quantitative estimate of drug-likeness (QED) is 0.919. The summed E-state index contributed by atoms with van der Waals surface area (Å²) >= 11 is 12.4. The fourth-order valence-electron chi connectivity index (χ4n) is 1.88. The highest BCUT2D eigenvalue weighted by Gasteiger charge is 2.32. The van der Waals surface area contributed by atoms with E-state index >= 15 is 0 Å². The molecule has 0 aromatic heterocycles. The van der Waals surface area contributed by atoms with Gasteiger partial charge in [0.25, 0.3) is 0 Å². The van der Waals surface area contributed by atoms with E-state index in [2.05, 4.69) is 0 Å². The number of amides is 1. The van der Waals surface area contributed by atoms with Gasteiger partial charge >= 0.3 is 6.09 Å². The van der Waals surface area contributed by atoms with Crippen LogP contribution in [0.15, 0.2) is 0 Å². The molecule has 1 amide bonds. The second-order valence-electron chi connectivity index (χ2n) is 5.07. The van der Waals surface area contributed by atoms with Crippen LogP contribution >= 0.6 is 23.2 Å². The van der Waals surface area contributed by atoms with Crippen LogP contribution in [-0.2, 0) is 5.41 Å². The molecule has 0 bridgehead atoms. The van der Waals surface area contributed by atoms with Gasteiger partial charge in [-0.25, -0.2) is 4.79 Å². The molecule has 7 heteroatoms. The van der Waals surface area contributed by atoms with Crippen LogP contribution in [0.4, 0.5) is 4.79 Å². The predicted molar refractivity (Wildman–Crippen MR) is 78.5 cm³/mol. The van der Waals surface area contributed by atoms with Gasteiger partial charge in [0.1, 0.15) is 21.5 Å². The zero-order chi connectivity index (χ0) is 15.7. The molecule has 0 spiro atoms. The Morgan fingerprint density at radius 1 is 1.00 bits per heavy atom. The molecule has 0 saturated carbocycles. The standard InChI is InChI=1S/C13H17Cl2NO4/c1-13(2,3)6-9(18-4)7(14)11(20-12(16)17)8(15)10(6)19-5/h1-5H3,(H2,16,17). The lowest BCUT2D eigenvalue weighted by Crippen LogP contribution is -2.19. The van der Waals surface area contributed by atoms with E-state index in [0.717, 1.165) is 0 Å². The smallest absolute Gasteiger partial charge is 0.410 e. The summed E-state index contributed by atoms with van der Waals surface area (Å²) in [5.41, 5.74) is 5.33.